The van der Waals surface area contributed by atoms with Crippen LogP contribution in [-0.2, 0) is 0 Å². The van der Waals surface area contributed by atoms with Crippen molar-refractivity contribution in [3.05, 3.63) is 0 Å². The van der Waals surface area contributed by atoms with E-state index in [1.165, 1.54) is 0 Å². The van der Waals surface area contributed by atoms with Crippen molar-refractivity contribution < 1.29 is 10.3 Å². The van der Waals surface area contributed by atoms with Crippen molar-refractivity contribution in [3.8, 4) is 0 Å². The Labute approximate surface area is 41.4 Å². The minimum Gasteiger partial charge on any atom is -0.394 e. The third kappa shape index (κ3) is 2.47. The van der Waals surface area contributed by atoms with Crippen LogP contribution in [0.3, 0.4) is 0 Å². The van der Waals surface area contributed by atoms with Crippen LogP contribution in [0.4, 0.5) is 0 Å². The Kier molecular flexibility index (Phi) is 3.55. The normalized spacial score (nSPS) is 14.5. The third-order valence-corrected chi connectivity index (χ3v) is 0.601. The van der Waals surface area contributed by atoms with Crippen molar-refractivity contribution >= 4 is 12.6 Å². The Bertz CT molecular complexity index is 30.7. The Morgan fingerprint density at radius 1 is 1.83 bits per heavy atom. The molecule has 0 amide bonds. The summed E-state index contributed by atoms with van der Waals surface area (Å²) in [6.45, 7) is -0.167. The fourth-order valence-corrected chi connectivity index (χ4v) is 0.0408. The van der Waals surface area contributed by atoms with E-state index in [1.807, 2.05) is 0 Å². The second-order valence-corrected chi connectivity index (χ2v) is 1.45. The average molecular weight is 109 g/mol. The summed E-state index contributed by atoms with van der Waals surface area (Å²) in [6, 6.07) is 0. The second-order valence-electron chi connectivity index (χ2n) is 0.827. The predicted molar refractivity (Wildman–Crippen MR) is 24.8 cm³/mol. The zero-order valence-corrected chi connectivity index (χ0v) is 4.02. The number of nitrogens with one attached hydrogen (secondary N) is 1. The van der Waals surface area contributed by atoms with Crippen LogP contribution in [0.2, 0.25) is 0 Å². The maximum Gasteiger partial charge on any atom is 0.0974 e. The molecule has 0 aromatic carbocycles. The molecule has 3 nitrogen and oxygen atoms in total. The molecule has 0 aliphatic heterocycles. The lowest BCUT2D eigenvalue weighted by atomic mass is 10.7. The van der Waals surface area contributed by atoms with E-state index in [-0.39, 0.29) is 6.61 Å². The fraction of sp³-hybridized carbons (Fsp3) is 1.00. The quantitative estimate of drug-likeness (QED) is 0.214. The summed E-state index contributed by atoms with van der Waals surface area (Å²) >= 11 is 3.62. The molecule has 3 N–H and O–H groups in total. The number of aliphatic hydroxyl groups excluding tert-OH is 1. The highest BCUT2D eigenvalue weighted by molar-refractivity contribution is 7.80. The number of hydrogen-bond acceptors (Lipinski definition) is 4. The summed E-state index contributed by atoms with van der Waals surface area (Å²) in [6.07, 6.45) is 0. The standard InChI is InChI=1S/C2H7NO2S/c4-1-2(6)3-5/h2-6H,1H2. The van der Waals surface area contributed by atoms with E-state index in [0.29, 0.717) is 0 Å². The van der Waals surface area contributed by atoms with Crippen molar-refractivity contribution in [3.63, 3.8) is 0 Å². The van der Waals surface area contributed by atoms with Gasteiger partial charge in [0, 0.05) is 0 Å². The second kappa shape index (κ2) is 3.42. The van der Waals surface area contributed by atoms with Crippen LogP contribution in [0, 0.1) is 0 Å². The van der Waals surface area contributed by atoms with Gasteiger partial charge in [0.1, 0.15) is 0 Å². The summed E-state index contributed by atoms with van der Waals surface area (Å²) in [5.41, 5.74) is 1.73. The first-order valence-corrected chi connectivity index (χ1v) is 2.01. The van der Waals surface area contributed by atoms with E-state index < -0.39 is 5.37 Å². The first-order chi connectivity index (χ1) is 2.81. The predicted octanol–water partition coefficient (Wildman–Crippen LogP) is -0.787. The van der Waals surface area contributed by atoms with Gasteiger partial charge in [-0.2, -0.15) is 18.1 Å². The summed E-state index contributed by atoms with van der Waals surface area (Å²) in [7, 11) is 0. The van der Waals surface area contributed by atoms with E-state index in [0.717, 1.165) is 0 Å². The molecule has 4 heteroatoms. The lowest BCUT2D eigenvalue weighted by Crippen LogP contribution is -2.22. The molecule has 0 fully saturated rings. The molecule has 0 rings (SSSR count). The van der Waals surface area contributed by atoms with Crippen molar-refractivity contribution in [1.82, 2.24) is 5.48 Å². The van der Waals surface area contributed by atoms with Gasteiger partial charge in [0.25, 0.3) is 0 Å². The molecule has 0 aromatic heterocycles. The van der Waals surface area contributed by atoms with Crippen molar-refractivity contribution in [2.24, 2.45) is 0 Å². The first-order valence-electron chi connectivity index (χ1n) is 1.49. The van der Waals surface area contributed by atoms with Crippen LogP contribution in [0.15, 0.2) is 0 Å². The lowest BCUT2D eigenvalue weighted by Gasteiger charge is -1.98. The van der Waals surface area contributed by atoms with Crippen molar-refractivity contribution in [1.29, 1.82) is 0 Å². The summed E-state index contributed by atoms with van der Waals surface area (Å²) < 4.78 is 0. The molecule has 0 bridgehead atoms. The van der Waals surface area contributed by atoms with Crippen LogP contribution < -0.4 is 5.48 Å². The van der Waals surface area contributed by atoms with Gasteiger partial charge < -0.3 is 10.3 Å². The van der Waals surface area contributed by atoms with Crippen LogP contribution in [-0.4, -0.2) is 22.3 Å². The van der Waals surface area contributed by atoms with Gasteiger partial charge in [0.2, 0.25) is 0 Å². The summed E-state index contributed by atoms with van der Waals surface area (Å²) in [5.74, 6) is 0. The minimum atomic E-state index is -0.509. The van der Waals surface area contributed by atoms with Gasteiger partial charge in [0.05, 0.1) is 12.0 Å². The Balaban J connectivity index is 2.75. The Hall–Kier alpha value is 0.230. The molecular formula is C2H7NO2S. The van der Waals surface area contributed by atoms with Gasteiger partial charge in [-0.1, -0.05) is 0 Å². The molecule has 38 valence electrons. The van der Waals surface area contributed by atoms with Gasteiger partial charge in [-0.3, -0.25) is 0 Å². The van der Waals surface area contributed by atoms with Crippen LogP contribution >= 0.6 is 12.6 Å². The highest BCUT2D eigenvalue weighted by Gasteiger charge is 1.91. The average Bonchev–Trinajstić information content (AvgIpc) is 1.65. The molecule has 0 saturated heterocycles. The highest BCUT2D eigenvalue weighted by Crippen LogP contribution is 1.81. The Morgan fingerprint density at radius 2 is 2.33 bits per heavy atom. The van der Waals surface area contributed by atoms with Crippen molar-refractivity contribution in [2.75, 3.05) is 6.61 Å². The zero-order chi connectivity index (χ0) is 4.99. The van der Waals surface area contributed by atoms with Gasteiger partial charge in [-0.15, -0.1) is 0 Å². The molecule has 0 saturated carbocycles. The number of rotatable bonds is 2. The maximum absolute atomic E-state index is 8.04. The van der Waals surface area contributed by atoms with Crippen LogP contribution in [0.1, 0.15) is 0 Å². The van der Waals surface area contributed by atoms with E-state index in [9.17, 15) is 0 Å². The minimum absolute atomic E-state index is 0.167. The molecule has 0 radical (unpaired) electrons. The molecule has 0 aliphatic rings. The molecule has 0 heterocycles. The van der Waals surface area contributed by atoms with Gasteiger partial charge in [-0.25, -0.2) is 0 Å². The number of hydrogen-bond donors (Lipinski definition) is 4. The van der Waals surface area contributed by atoms with E-state index in [1.54, 1.807) is 5.48 Å². The fourth-order valence-electron chi connectivity index (χ4n) is 0.0408. The highest BCUT2D eigenvalue weighted by atomic mass is 32.1. The number of thiol groups is 1. The van der Waals surface area contributed by atoms with E-state index >= 15 is 0 Å². The van der Waals surface area contributed by atoms with Gasteiger partial charge in [0.15, 0.2) is 0 Å². The van der Waals surface area contributed by atoms with Crippen LogP contribution in [0.5, 0.6) is 0 Å². The number of hydroxylamine groups is 1. The molecular weight excluding hydrogens is 102 g/mol. The topological polar surface area (TPSA) is 52.5 Å². The monoisotopic (exact) mass is 109 g/mol. The van der Waals surface area contributed by atoms with Crippen molar-refractivity contribution in [2.45, 2.75) is 5.37 Å². The molecule has 6 heavy (non-hydrogen) atoms. The molecule has 1 unspecified atom stereocenters. The van der Waals surface area contributed by atoms with E-state index in [2.05, 4.69) is 12.6 Å². The third-order valence-electron chi connectivity index (χ3n) is 0.322. The molecule has 0 spiro atoms. The first kappa shape index (κ1) is 6.23. The summed E-state index contributed by atoms with van der Waals surface area (Å²) in [5, 5.41) is 15.4. The lowest BCUT2D eigenvalue weighted by molar-refractivity contribution is 0.127. The Morgan fingerprint density at radius 3 is 2.33 bits per heavy atom. The maximum atomic E-state index is 8.04. The van der Waals surface area contributed by atoms with Crippen LogP contribution in [0.25, 0.3) is 0 Å². The van der Waals surface area contributed by atoms with Gasteiger partial charge >= 0.3 is 0 Å². The molecule has 1 atom stereocenters. The largest absolute Gasteiger partial charge is 0.394 e. The SMILES string of the molecule is OCC(S)NO. The van der Waals surface area contributed by atoms with Gasteiger partial charge in [-0.05, 0) is 0 Å². The molecule has 0 aliphatic carbocycles. The smallest absolute Gasteiger partial charge is 0.0974 e. The number of aliphatic hydroxyl groups is 1. The summed E-state index contributed by atoms with van der Waals surface area (Å²) in [4.78, 5) is 0. The molecule has 0 aromatic rings. The zero-order valence-electron chi connectivity index (χ0n) is 3.13. The van der Waals surface area contributed by atoms with E-state index in [4.69, 9.17) is 10.3 Å².